The molecule has 7 nitrogen and oxygen atoms in total. The number of rotatable bonds is 4. The molecule has 0 spiro atoms. The van der Waals surface area contributed by atoms with E-state index in [0.29, 0.717) is 18.7 Å². The second-order valence-corrected chi connectivity index (χ2v) is 8.10. The molecule has 1 saturated heterocycles. The van der Waals surface area contributed by atoms with Gasteiger partial charge in [0.1, 0.15) is 0 Å². The average molecular weight is 406 g/mol. The normalized spacial score (nSPS) is 18.5. The highest BCUT2D eigenvalue weighted by Crippen LogP contribution is 2.31. The molecule has 30 heavy (non-hydrogen) atoms. The molecule has 4 amide bonds. The molecule has 1 heterocycles. The first-order valence-corrected chi connectivity index (χ1v) is 10.5. The van der Waals surface area contributed by atoms with Gasteiger partial charge < -0.3 is 20.4 Å². The minimum Gasteiger partial charge on any atom is -0.341 e. The van der Waals surface area contributed by atoms with Crippen molar-refractivity contribution >= 4 is 22.8 Å². The minimum atomic E-state index is -0.0799. The number of piperidine rings is 1. The van der Waals surface area contributed by atoms with Crippen LogP contribution in [0.25, 0.3) is 10.8 Å². The van der Waals surface area contributed by atoms with Crippen LogP contribution < -0.4 is 10.6 Å². The summed E-state index contributed by atoms with van der Waals surface area (Å²) in [5, 5.41) is 16.9. The van der Waals surface area contributed by atoms with Crippen LogP contribution in [0, 0.1) is 11.3 Å². The smallest absolute Gasteiger partial charge is 0.318 e. The molecule has 7 heteroatoms. The van der Waals surface area contributed by atoms with Gasteiger partial charge in [0.2, 0.25) is 0 Å². The van der Waals surface area contributed by atoms with E-state index in [-0.39, 0.29) is 24.1 Å². The predicted molar refractivity (Wildman–Crippen MR) is 115 cm³/mol. The first kappa shape index (κ1) is 20.0. The van der Waals surface area contributed by atoms with Crippen molar-refractivity contribution in [1.82, 2.24) is 20.4 Å². The van der Waals surface area contributed by atoms with E-state index in [1.807, 2.05) is 41.3 Å². The van der Waals surface area contributed by atoms with Gasteiger partial charge in [-0.05, 0) is 60.2 Å². The molecule has 2 N–H and O–H groups in total. The number of likely N-dealkylation sites (tertiary alicyclic amines) is 1. The third kappa shape index (κ3) is 4.33. The topological polar surface area (TPSA) is 88.5 Å². The third-order valence-electron chi connectivity index (χ3n) is 5.94. The van der Waals surface area contributed by atoms with Gasteiger partial charge in [0, 0.05) is 32.7 Å². The zero-order chi connectivity index (χ0) is 21.1. The van der Waals surface area contributed by atoms with Gasteiger partial charge in [0.05, 0.1) is 17.7 Å². The number of hydrogen-bond acceptors (Lipinski definition) is 3. The summed E-state index contributed by atoms with van der Waals surface area (Å²) in [6.45, 7) is 1.75. The molecule has 2 aromatic rings. The van der Waals surface area contributed by atoms with E-state index in [1.165, 1.54) is 0 Å². The summed E-state index contributed by atoms with van der Waals surface area (Å²) >= 11 is 0. The summed E-state index contributed by atoms with van der Waals surface area (Å²) in [5.41, 5.74) is 1.62. The Morgan fingerprint density at radius 2 is 1.93 bits per heavy atom. The Labute approximate surface area is 176 Å². The van der Waals surface area contributed by atoms with Crippen molar-refractivity contribution < 1.29 is 9.59 Å². The second kappa shape index (κ2) is 8.62. The fraction of sp³-hybridized carbons (Fsp3) is 0.435. The van der Waals surface area contributed by atoms with Crippen LogP contribution in [-0.2, 0) is 6.54 Å². The molecule has 0 radical (unpaired) electrons. The van der Waals surface area contributed by atoms with Crippen LogP contribution >= 0.6 is 0 Å². The molecule has 2 fully saturated rings. The molecule has 2 aliphatic rings. The average Bonchev–Trinajstić information content (AvgIpc) is 3.62. The monoisotopic (exact) mass is 405 g/mol. The number of urea groups is 2. The number of nitriles is 1. The molecule has 1 aliphatic heterocycles. The lowest BCUT2D eigenvalue weighted by atomic mass is 10.0. The highest BCUT2D eigenvalue weighted by molar-refractivity contribution is 5.84. The van der Waals surface area contributed by atoms with Crippen molar-refractivity contribution in [3.05, 3.63) is 47.5 Å². The summed E-state index contributed by atoms with van der Waals surface area (Å²) < 4.78 is 0. The maximum atomic E-state index is 13.1. The van der Waals surface area contributed by atoms with Gasteiger partial charge in [-0.3, -0.25) is 0 Å². The Morgan fingerprint density at radius 1 is 1.13 bits per heavy atom. The van der Waals surface area contributed by atoms with Crippen LogP contribution in [0.2, 0.25) is 0 Å². The van der Waals surface area contributed by atoms with Crippen molar-refractivity contribution in [2.45, 2.75) is 44.3 Å². The number of amides is 4. The molecule has 4 rings (SSSR count). The fourth-order valence-corrected chi connectivity index (χ4v) is 4.25. The molecular formula is C23H27N5O2. The number of nitrogens with one attached hydrogen (secondary N) is 2. The van der Waals surface area contributed by atoms with E-state index >= 15 is 0 Å². The van der Waals surface area contributed by atoms with Gasteiger partial charge >= 0.3 is 12.1 Å². The SMILES string of the molecule is CNC(=O)N1CCC[C@@H](N(C(=O)NCc2ccc3ccc(C#N)cc3c2)C2CC2)C1. The van der Waals surface area contributed by atoms with Gasteiger partial charge in [0.25, 0.3) is 0 Å². The van der Waals surface area contributed by atoms with Gasteiger partial charge in [0.15, 0.2) is 0 Å². The Hall–Kier alpha value is -3.27. The zero-order valence-corrected chi connectivity index (χ0v) is 17.2. The molecular weight excluding hydrogens is 378 g/mol. The molecule has 2 aromatic carbocycles. The van der Waals surface area contributed by atoms with Crippen LogP contribution in [0.5, 0.6) is 0 Å². The number of benzene rings is 2. The molecule has 1 saturated carbocycles. The number of fused-ring (bicyclic) bond motifs is 1. The lowest BCUT2D eigenvalue weighted by Crippen LogP contribution is -2.56. The number of carbonyl (C=O) groups is 2. The van der Waals surface area contributed by atoms with E-state index in [4.69, 9.17) is 5.26 Å². The highest BCUT2D eigenvalue weighted by Gasteiger charge is 2.39. The molecule has 0 bridgehead atoms. The molecule has 1 atom stereocenters. The Kier molecular flexibility index (Phi) is 5.75. The van der Waals surface area contributed by atoms with E-state index < -0.39 is 0 Å². The summed E-state index contributed by atoms with van der Waals surface area (Å²) in [6.07, 6.45) is 3.87. The first-order valence-electron chi connectivity index (χ1n) is 10.5. The van der Waals surface area contributed by atoms with E-state index in [1.54, 1.807) is 11.9 Å². The van der Waals surface area contributed by atoms with Crippen molar-refractivity contribution in [2.24, 2.45) is 0 Å². The quantitative estimate of drug-likeness (QED) is 0.819. The predicted octanol–water partition coefficient (Wildman–Crippen LogP) is 3.19. The maximum Gasteiger partial charge on any atom is 0.318 e. The van der Waals surface area contributed by atoms with Crippen molar-refractivity contribution in [1.29, 1.82) is 5.26 Å². The highest BCUT2D eigenvalue weighted by atomic mass is 16.2. The Morgan fingerprint density at radius 3 is 2.67 bits per heavy atom. The number of nitrogens with zero attached hydrogens (tertiary/aromatic N) is 3. The van der Waals surface area contributed by atoms with Crippen LogP contribution in [0.3, 0.4) is 0 Å². The van der Waals surface area contributed by atoms with Crippen molar-refractivity contribution in [3.63, 3.8) is 0 Å². The van der Waals surface area contributed by atoms with Crippen LogP contribution in [0.15, 0.2) is 36.4 Å². The van der Waals surface area contributed by atoms with Crippen molar-refractivity contribution in [2.75, 3.05) is 20.1 Å². The van der Waals surface area contributed by atoms with Crippen LogP contribution in [0.4, 0.5) is 9.59 Å². The van der Waals surface area contributed by atoms with Gasteiger partial charge in [-0.2, -0.15) is 5.26 Å². The summed E-state index contributed by atoms with van der Waals surface area (Å²) in [7, 11) is 1.64. The van der Waals surface area contributed by atoms with Crippen LogP contribution in [-0.4, -0.2) is 54.1 Å². The van der Waals surface area contributed by atoms with E-state index in [2.05, 4.69) is 16.7 Å². The fourth-order valence-electron chi connectivity index (χ4n) is 4.25. The van der Waals surface area contributed by atoms with Crippen LogP contribution in [0.1, 0.15) is 36.8 Å². The zero-order valence-electron chi connectivity index (χ0n) is 17.2. The summed E-state index contributed by atoms with van der Waals surface area (Å²) in [4.78, 5) is 28.9. The Bertz CT molecular complexity index is 995. The molecule has 156 valence electrons. The lowest BCUT2D eigenvalue weighted by molar-refractivity contribution is 0.116. The van der Waals surface area contributed by atoms with E-state index in [9.17, 15) is 9.59 Å². The molecule has 0 unspecified atom stereocenters. The number of carbonyl (C=O) groups excluding carboxylic acids is 2. The molecule has 1 aliphatic carbocycles. The third-order valence-corrected chi connectivity index (χ3v) is 5.94. The standard InChI is InChI=1S/C23H27N5O2/c1-25-22(29)27-10-2-3-21(15-27)28(20-8-9-20)23(30)26-14-17-5-7-18-6-4-16(13-24)11-19(18)12-17/h4-7,11-12,20-21H,2-3,8-10,14-15H2,1H3,(H,25,29)(H,26,30)/t21-/m1/s1. The maximum absolute atomic E-state index is 13.1. The van der Waals surface area contributed by atoms with Gasteiger partial charge in [-0.25, -0.2) is 9.59 Å². The van der Waals surface area contributed by atoms with Gasteiger partial charge in [-0.1, -0.05) is 18.2 Å². The van der Waals surface area contributed by atoms with Crippen molar-refractivity contribution in [3.8, 4) is 6.07 Å². The molecule has 0 aromatic heterocycles. The first-order chi connectivity index (χ1) is 14.6. The minimum absolute atomic E-state index is 0.0540. The van der Waals surface area contributed by atoms with Gasteiger partial charge in [-0.15, -0.1) is 0 Å². The summed E-state index contributed by atoms with van der Waals surface area (Å²) in [6, 6.07) is 14.0. The number of hydrogen-bond donors (Lipinski definition) is 2. The summed E-state index contributed by atoms with van der Waals surface area (Å²) in [5.74, 6) is 0. The van der Waals surface area contributed by atoms with E-state index in [0.717, 1.165) is 48.6 Å². The Balaban J connectivity index is 1.43. The lowest BCUT2D eigenvalue weighted by Gasteiger charge is -2.39. The second-order valence-electron chi connectivity index (χ2n) is 8.10. The largest absolute Gasteiger partial charge is 0.341 e.